The number of rotatable bonds is 8. The largest absolute Gasteiger partial charge is 0.497 e. The van der Waals surface area contributed by atoms with Crippen molar-refractivity contribution >= 4 is 17.2 Å². The van der Waals surface area contributed by atoms with Crippen molar-refractivity contribution in [2.24, 2.45) is 5.92 Å². The summed E-state index contributed by atoms with van der Waals surface area (Å²) in [6.07, 6.45) is 3.35. The third-order valence-electron chi connectivity index (χ3n) is 5.17. The molecule has 0 saturated carbocycles. The van der Waals surface area contributed by atoms with Gasteiger partial charge in [0.05, 0.1) is 23.9 Å². The minimum atomic E-state index is -0.0114. The van der Waals surface area contributed by atoms with Crippen LogP contribution in [0.25, 0.3) is 0 Å². The first-order valence-corrected chi connectivity index (χ1v) is 10.9. The first kappa shape index (κ1) is 20.8. The molecule has 0 spiro atoms. The normalized spacial score (nSPS) is 15.8. The monoisotopic (exact) mass is 401 g/mol. The number of hydrogen-bond acceptors (Lipinski definition) is 5. The number of aryl methyl sites for hydroxylation is 1. The number of nitrogens with one attached hydrogen (secondary N) is 1. The van der Waals surface area contributed by atoms with Gasteiger partial charge in [-0.25, -0.2) is 4.98 Å². The highest BCUT2D eigenvalue weighted by Crippen LogP contribution is 2.27. The minimum absolute atomic E-state index is 0.0114. The lowest BCUT2D eigenvalue weighted by Gasteiger charge is -2.28. The number of benzene rings is 1. The van der Waals surface area contributed by atoms with E-state index in [9.17, 15) is 4.79 Å². The van der Waals surface area contributed by atoms with Crippen LogP contribution in [0.5, 0.6) is 5.75 Å². The van der Waals surface area contributed by atoms with Gasteiger partial charge in [0.1, 0.15) is 10.6 Å². The van der Waals surface area contributed by atoms with Crippen molar-refractivity contribution < 1.29 is 9.53 Å². The average Bonchev–Trinajstić information content (AvgIpc) is 3.32. The zero-order valence-electron chi connectivity index (χ0n) is 17.3. The van der Waals surface area contributed by atoms with Gasteiger partial charge in [-0.1, -0.05) is 26.0 Å². The van der Waals surface area contributed by atoms with E-state index in [0.29, 0.717) is 12.5 Å². The number of ether oxygens (including phenoxy) is 1. The van der Waals surface area contributed by atoms with E-state index in [1.54, 1.807) is 7.11 Å². The molecule has 5 nitrogen and oxygen atoms in total. The van der Waals surface area contributed by atoms with Crippen LogP contribution >= 0.6 is 11.3 Å². The maximum atomic E-state index is 12.8. The lowest BCUT2D eigenvalue weighted by Crippen LogP contribution is -2.36. The topological polar surface area (TPSA) is 54.5 Å². The second kappa shape index (κ2) is 9.52. The third kappa shape index (κ3) is 5.11. The zero-order chi connectivity index (χ0) is 20.1. The summed E-state index contributed by atoms with van der Waals surface area (Å²) in [5, 5.41) is 4.21. The molecule has 0 radical (unpaired) electrons. The Hall–Kier alpha value is -1.92. The summed E-state index contributed by atoms with van der Waals surface area (Å²) in [6, 6.07) is 8.37. The van der Waals surface area contributed by atoms with Gasteiger partial charge in [-0.05, 0) is 56.5 Å². The molecule has 1 aromatic heterocycles. The number of aromatic nitrogens is 1. The summed E-state index contributed by atoms with van der Waals surface area (Å²) in [5.74, 6) is 1.38. The minimum Gasteiger partial charge on any atom is -0.497 e. The van der Waals surface area contributed by atoms with Crippen molar-refractivity contribution in [3.63, 3.8) is 0 Å². The molecule has 152 valence electrons. The molecule has 2 heterocycles. The van der Waals surface area contributed by atoms with E-state index >= 15 is 0 Å². The molecule has 1 atom stereocenters. The number of nitrogens with zero attached hydrogens (tertiary/aromatic N) is 2. The van der Waals surface area contributed by atoms with Crippen LogP contribution in [0.15, 0.2) is 24.3 Å². The molecule has 2 aromatic rings. The lowest BCUT2D eigenvalue weighted by atomic mass is 10.1. The second-order valence-corrected chi connectivity index (χ2v) is 8.95. The van der Waals surface area contributed by atoms with E-state index in [-0.39, 0.29) is 11.9 Å². The Balaban J connectivity index is 1.70. The Morgan fingerprint density at radius 2 is 1.93 bits per heavy atom. The summed E-state index contributed by atoms with van der Waals surface area (Å²) < 4.78 is 5.28. The number of amides is 1. The molecule has 28 heavy (non-hydrogen) atoms. The standard InChI is InChI=1S/C22H31N3O2S/c1-15(2)13-20-24-16(3)21(28-20)22(26)23-14-19(25-11-5-6-12-25)17-7-9-18(27-4)10-8-17/h7-10,15,19H,5-6,11-14H2,1-4H3,(H,23,26). The molecular formula is C22H31N3O2S. The van der Waals surface area contributed by atoms with Crippen molar-refractivity contribution in [3.8, 4) is 5.75 Å². The molecule has 1 aliphatic heterocycles. The maximum absolute atomic E-state index is 12.8. The molecule has 3 rings (SSSR count). The Labute approximate surface area is 172 Å². The van der Waals surface area contributed by atoms with E-state index < -0.39 is 0 Å². The maximum Gasteiger partial charge on any atom is 0.263 e. The van der Waals surface area contributed by atoms with Crippen molar-refractivity contribution in [1.29, 1.82) is 0 Å². The van der Waals surface area contributed by atoms with Gasteiger partial charge < -0.3 is 10.1 Å². The van der Waals surface area contributed by atoms with Gasteiger partial charge in [0, 0.05) is 13.0 Å². The Kier molecular flexibility index (Phi) is 7.08. The van der Waals surface area contributed by atoms with E-state index in [1.807, 2.05) is 19.1 Å². The summed E-state index contributed by atoms with van der Waals surface area (Å²) in [6.45, 7) is 9.02. The quantitative estimate of drug-likeness (QED) is 0.719. The van der Waals surface area contributed by atoms with Gasteiger partial charge in [-0.15, -0.1) is 11.3 Å². The molecule has 1 aliphatic rings. The number of thiazole rings is 1. The van der Waals surface area contributed by atoms with E-state index in [1.165, 1.54) is 29.7 Å². The van der Waals surface area contributed by atoms with Crippen molar-refractivity contribution in [1.82, 2.24) is 15.2 Å². The average molecular weight is 402 g/mol. The first-order valence-electron chi connectivity index (χ1n) is 10.1. The highest BCUT2D eigenvalue weighted by atomic mass is 32.1. The van der Waals surface area contributed by atoms with Crippen LogP contribution in [0, 0.1) is 12.8 Å². The van der Waals surface area contributed by atoms with E-state index in [2.05, 4.69) is 41.2 Å². The smallest absolute Gasteiger partial charge is 0.263 e. The highest BCUT2D eigenvalue weighted by Gasteiger charge is 2.25. The summed E-state index contributed by atoms with van der Waals surface area (Å²) in [5.41, 5.74) is 2.05. The fourth-order valence-corrected chi connectivity index (χ4v) is 4.90. The predicted molar refractivity (Wildman–Crippen MR) is 114 cm³/mol. The molecule has 0 bridgehead atoms. The molecule has 1 fully saturated rings. The fourth-order valence-electron chi connectivity index (χ4n) is 3.71. The van der Waals surface area contributed by atoms with Gasteiger partial charge in [0.2, 0.25) is 0 Å². The van der Waals surface area contributed by atoms with Crippen LogP contribution in [-0.2, 0) is 6.42 Å². The van der Waals surface area contributed by atoms with Crippen molar-refractivity contribution in [2.45, 2.75) is 46.1 Å². The van der Waals surface area contributed by atoms with E-state index in [0.717, 1.165) is 40.8 Å². The Bertz CT molecular complexity index is 780. The van der Waals surface area contributed by atoms with Crippen molar-refractivity contribution in [3.05, 3.63) is 45.4 Å². The number of carbonyl (C=O) groups is 1. The van der Waals surface area contributed by atoms with Crippen LogP contribution in [0.4, 0.5) is 0 Å². The summed E-state index contributed by atoms with van der Waals surface area (Å²) >= 11 is 1.53. The SMILES string of the molecule is COc1ccc(C(CNC(=O)c2sc(CC(C)C)nc2C)N2CCCC2)cc1. The number of likely N-dealkylation sites (tertiary alicyclic amines) is 1. The Morgan fingerprint density at radius 1 is 1.25 bits per heavy atom. The van der Waals surface area contributed by atoms with Gasteiger partial charge in [0.25, 0.3) is 5.91 Å². The van der Waals surface area contributed by atoms with Gasteiger partial charge in [0.15, 0.2) is 0 Å². The predicted octanol–water partition coefficient (Wildman–Crippen LogP) is 4.23. The van der Waals surface area contributed by atoms with Crippen LogP contribution in [0.1, 0.15) is 58.7 Å². The number of hydrogen-bond donors (Lipinski definition) is 1. The van der Waals surface area contributed by atoms with Crippen LogP contribution in [0.3, 0.4) is 0 Å². The lowest BCUT2D eigenvalue weighted by molar-refractivity contribution is 0.0941. The Morgan fingerprint density at radius 3 is 2.54 bits per heavy atom. The molecule has 1 N–H and O–H groups in total. The first-order chi connectivity index (χ1) is 13.5. The highest BCUT2D eigenvalue weighted by molar-refractivity contribution is 7.13. The molecule has 6 heteroatoms. The van der Waals surface area contributed by atoms with Crippen LogP contribution in [-0.4, -0.2) is 42.5 Å². The van der Waals surface area contributed by atoms with Gasteiger partial charge in [-0.3, -0.25) is 9.69 Å². The molecule has 1 saturated heterocycles. The zero-order valence-corrected chi connectivity index (χ0v) is 18.1. The van der Waals surface area contributed by atoms with Crippen LogP contribution in [0.2, 0.25) is 0 Å². The molecular weight excluding hydrogens is 370 g/mol. The van der Waals surface area contributed by atoms with Crippen LogP contribution < -0.4 is 10.1 Å². The fraction of sp³-hybridized carbons (Fsp3) is 0.545. The number of methoxy groups -OCH3 is 1. The van der Waals surface area contributed by atoms with Gasteiger partial charge >= 0.3 is 0 Å². The third-order valence-corrected chi connectivity index (χ3v) is 6.35. The van der Waals surface area contributed by atoms with Gasteiger partial charge in [-0.2, -0.15) is 0 Å². The summed E-state index contributed by atoms with van der Waals surface area (Å²) in [4.78, 5) is 20.6. The van der Waals surface area contributed by atoms with Crippen molar-refractivity contribution in [2.75, 3.05) is 26.7 Å². The molecule has 0 aliphatic carbocycles. The summed E-state index contributed by atoms with van der Waals surface area (Å²) in [7, 11) is 1.68. The second-order valence-electron chi connectivity index (χ2n) is 7.86. The molecule has 1 unspecified atom stereocenters. The number of carbonyl (C=O) groups excluding carboxylic acids is 1. The molecule has 1 aromatic carbocycles. The molecule has 1 amide bonds. The van der Waals surface area contributed by atoms with E-state index in [4.69, 9.17) is 4.74 Å².